The van der Waals surface area contributed by atoms with E-state index >= 15 is 0 Å². The van der Waals surface area contributed by atoms with Gasteiger partial charge in [0.25, 0.3) is 5.91 Å². The van der Waals surface area contributed by atoms with Crippen LogP contribution < -0.4 is 5.32 Å². The van der Waals surface area contributed by atoms with Gasteiger partial charge in [-0.2, -0.15) is 0 Å². The highest BCUT2D eigenvalue weighted by molar-refractivity contribution is 5.85. The third-order valence-corrected chi connectivity index (χ3v) is 3.62. The lowest BCUT2D eigenvalue weighted by Crippen LogP contribution is -2.40. The third-order valence-electron chi connectivity index (χ3n) is 3.62. The number of carbonyl (C=O) groups excluding carboxylic acids is 1. The molecule has 0 heterocycles. The number of halogens is 1. The molecule has 114 valence electrons. The Morgan fingerprint density at radius 3 is 2.42 bits per heavy atom. The molecule has 1 saturated carbocycles. The molecule has 1 fully saturated rings. The number of nitrogens with one attached hydrogen (secondary N) is 1. The van der Waals surface area contributed by atoms with Crippen molar-refractivity contribution < 1.29 is 9.53 Å². The van der Waals surface area contributed by atoms with Gasteiger partial charge >= 0.3 is 0 Å². The Morgan fingerprint density at radius 1 is 1.32 bits per heavy atom. The predicted octanol–water partition coefficient (Wildman–Crippen LogP) is 2.21. The van der Waals surface area contributed by atoms with Gasteiger partial charge in [0.2, 0.25) is 0 Å². The summed E-state index contributed by atoms with van der Waals surface area (Å²) in [5, 5.41) is 3.05. The van der Waals surface area contributed by atoms with Crippen LogP contribution in [0.2, 0.25) is 0 Å². The largest absolute Gasteiger partial charge is 0.365 e. The summed E-state index contributed by atoms with van der Waals surface area (Å²) in [5.74, 6) is 0.0921. The maximum Gasteiger partial charge on any atom is 0.251 e. The standard InChI is InChI=1S/C14H28N2O2.ClH/c1-12(14(17)16(3)11-10-15-2)18-13-8-6-4-5-7-9-13;/h12-13,15H,4-11H2,1-3H3;1H. The summed E-state index contributed by atoms with van der Waals surface area (Å²) in [6.45, 7) is 3.43. The Kier molecular flexibility index (Phi) is 10.3. The Morgan fingerprint density at radius 2 is 1.89 bits per heavy atom. The van der Waals surface area contributed by atoms with E-state index in [2.05, 4.69) is 5.32 Å². The number of rotatable bonds is 6. The fourth-order valence-electron chi connectivity index (χ4n) is 2.42. The molecule has 5 heteroatoms. The van der Waals surface area contributed by atoms with E-state index in [0.717, 1.165) is 25.9 Å². The van der Waals surface area contributed by atoms with Gasteiger partial charge in [0, 0.05) is 20.1 Å². The molecule has 0 aromatic carbocycles. The molecule has 0 bridgehead atoms. The molecular formula is C14H29ClN2O2. The Hall–Kier alpha value is -0.320. The van der Waals surface area contributed by atoms with Gasteiger partial charge < -0.3 is 15.0 Å². The first-order valence-electron chi connectivity index (χ1n) is 7.20. The summed E-state index contributed by atoms with van der Waals surface area (Å²) in [6.07, 6.45) is 7.28. The molecule has 0 aromatic heterocycles. The molecule has 1 unspecified atom stereocenters. The average molecular weight is 293 g/mol. The molecule has 1 aliphatic carbocycles. The minimum atomic E-state index is -0.310. The zero-order chi connectivity index (χ0) is 13.4. The molecule has 1 atom stereocenters. The highest BCUT2D eigenvalue weighted by atomic mass is 35.5. The molecule has 19 heavy (non-hydrogen) atoms. The van der Waals surface area contributed by atoms with Gasteiger partial charge in [-0.3, -0.25) is 4.79 Å². The Labute approximate surface area is 123 Å². The number of likely N-dealkylation sites (N-methyl/N-ethyl adjacent to an activating group) is 2. The molecule has 0 aromatic rings. The van der Waals surface area contributed by atoms with Crippen molar-refractivity contribution in [3.8, 4) is 0 Å². The number of amides is 1. The van der Waals surface area contributed by atoms with E-state index in [1.54, 1.807) is 4.90 Å². The molecule has 1 amide bonds. The van der Waals surface area contributed by atoms with Crippen LogP contribution in [0.1, 0.15) is 45.4 Å². The molecule has 0 spiro atoms. The van der Waals surface area contributed by atoms with Crippen molar-refractivity contribution in [1.82, 2.24) is 10.2 Å². The van der Waals surface area contributed by atoms with E-state index in [1.807, 2.05) is 21.0 Å². The summed E-state index contributed by atoms with van der Waals surface area (Å²) < 4.78 is 5.92. The van der Waals surface area contributed by atoms with Gasteiger partial charge in [-0.15, -0.1) is 12.4 Å². The van der Waals surface area contributed by atoms with Gasteiger partial charge in [-0.05, 0) is 26.8 Å². The van der Waals surface area contributed by atoms with Gasteiger partial charge in [-0.25, -0.2) is 0 Å². The molecule has 4 nitrogen and oxygen atoms in total. The lowest BCUT2D eigenvalue weighted by Gasteiger charge is -2.25. The van der Waals surface area contributed by atoms with Gasteiger partial charge in [0.05, 0.1) is 6.10 Å². The maximum atomic E-state index is 12.1. The Bertz CT molecular complexity index is 244. The second-order valence-electron chi connectivity index (χ2n) is 5.26. The smallest absolute Gasteiger partial charge is 0.251 e. The topological polar surface area (TPSA) is 41.6 Å². The first-order chi connectivity index (χ1) is 8.65. The minimum absolute atomic E-state index is 0. The Balaban J connectivity index is 0.00000324. The van der Waals surface area contributed by atoms with E-state index in [-0.39, 0.29) is 30.5 Å². The number of nitrogens with zero attached hydrogens (tertiary/aromatic N) is 1. The molecule has 1 rings (SSSR count). The molecular weight excluding hydrogens is 264 g/mol. The lowest BCUT2D eigenvalue weighted by molar-refractivity contribution is -0.145. The molecule has 0 aliphatic heterocycles. The maximum absolute atomic E-state index is 12.1. The SMILES string of the molecule is CNCCN(C)C(=O)C(C)OC1CCCCCC1.Cl. The van der Waals surface area contributed by atoms with Crippen molar-refractivity contribution in [2.24, 2.45) is 0 Å². The number of hydrogen-bond donors (Lipinski definition) is 1. The van der Waals surface area contributed by atoms with Crippen LogP contribution in [-0.2, 0) is 9.53 Å². The zero-order valence-corrected chi connectivity index (χ0v) is 13.3. The lowest BCUT2D eigenvalue weighted by atomic mass is 10.1. The van der Waals surface area contributed by atoms with Crippen LogP contribution in [0.4, 0.5) is 0 Å². The quantitative estimate of drug-likeness (QED) is 0.763. The second-order valence-corrected chi connectivity index (χ2v) is 5.26. The molecule has 0 radical (unpaired) electrons. The van der Waals surface area contributed by atoms with Crippen molar-refractivity contribution in [2.75, 3.05) is 27.2 Å². The van der Waals surface area contributed by atoms with E-state index < -0.39 is 0 Å². The number of carbonyl (C=O) groups is 1. The normalized spacial score (nSPS) is 18.3. The van der Waals surface area contributed by atoms with E-state index in [4.69, 9.17) is 4.74 Å². The predicted molar refractivity (Wildman–Crippen MR) is 80.8 cm³/mol. The number of hydrogen-bond acceptors (Lipinski definition) is 3. The third kappa shape index (κ3) is 7.14. The summed E-state index contributed by atoms with van der Waals surface area (Å²) in [7, 11) is 3.73. The van der Waals surface area contributed by atoms with Crippen molar-refractivity contribution in [3.05, 3.63) is 0 Å². The van der Waals surface area contributed by atoms with E-state index in [0.29, 0.717) is 0 Å². The van der Waals surface area contributed by atoms with Crippen LogP contribution >= 0.6 is 12.4 Å². The summed E-state index contributed by atoms with van der Waals surface area (Å²) >= 11 is 0. The fraction of sp³-hybridized carbons (Fsp3) is 0.929. The van der Waals surface area contributed by atoms with Crippen molar-refractivity contribution in [2.45, 2.75) is 57.7 Å². The number of ether oxygens (including phenoxy) is 1. The summed E-state index contributed by atoms with van der Waals surface area (Å²) in [6, 6.07) is 0. The molecule has 0 saturated heterocycles. The minimum Gasteiger partial charge on any atom is -0.365 e. The van der Waals surface area contributed by atoms with Gasteiger partial charge in [-0.1, -0.05) is 25.7 Å². The highest BCUT2D eigenvalue weighted by Gasteiger charge is 2.22. The van der Waals surface area contributed by atoms with Crippen LogP contribution in [0, 0.1) is 0 Å². The van der Waals surface area contributed by atoms with Crippen molar-refractivity contribution in [1.29, 1.82) is 0 Å². The zero-order valence-electron chi connectivity index (χ0n) is 12.5. The van der Waals surface area contributed by atoms with Crippen LogP contribution in [0.15, 0.2) is 0 Å². The monoisotopic (exact) mass is 292 g/mol. The highest BCUT2D eigenvalue weighted by Crippen LogP contribution is 2.21. The first kappa shape index (κ1) is 18.7. The van der Waals surface area contributed by atoms with Gasteiger partial charge in [0.1, 0.15) is 6.10 Å². The van der Waals surface area contributed by atoms with Crippen LogP contribution in [-0.4, -0.2) is 50.2 Å². The van der Waals surface area contributed by atoms with Crippen LogP contribution in [0.5, 0.6) is 0 Å². The fourth-order valence-corrected chi connectivity index (χ4v) is 2.42. The van der Waals surface area contributed by atoms with Crippen molar-refractivity contribution in [3.63, 3.8) is 0 Å². The summed E-state index contributed by atoms with van der Waals surface area (Å²) in [4.78, 5) is 13.8. The molecule has 1 N–H and O–H groups in total. The van der Waals surface area contributed by atoms with Gasteiger partial charge in [0.15, 0.2) is 0 Å². The van der Waals surface area contributed by atoms with E-state index in [9.17, 15) is 4.79 Å². The van der Waals surface area contributed by atoms with E-state index in [1.165, 1.54) is 25.7 Å². The first-order valence-corrected chi connectivity index (χ1v) is 7.20. The average Bonchev–Trinajstić information content (AvgIpc) is 2.63. The molecule has 1 aliphatic rings. The van der Waals surface area contributed by atoms with Crippen LogP contribution in [0.3, 0.4) is 0 Å². The van der Waals surface area contributed by atoms with Crippen molar-refractivity contribution >= 4 is 18.3 Å². The van der Waals surface area contributed by atoms with Crippen LogP contribution in [0.25, 0.3) is 0 Å². The second kappa shape index (κ2) is 10.5. The summed E-state index contributed by atoms with van der Waals surface area (Å²) in [5.41, 5.74) is 0.